The van der Waals surface area contributed by atoms with Crippen LogP contribution in [-0.4, -0.2) is 112 Å². The van der Waals surface area contributed by atoms with Crippen LogP contribution in [0.4, 0.5) is 0 Å². The van der Waals surface area contributed by atoms with E-state index in [0.29, 0.717) is 78.1 Å². The van der Waals surface area contributed by atoms with E-state index in [1.807, 2.05) is 34.7 Å². The Labute approximate surface area is 255 Å². The third-order valence-corrected chi connectivity index (χ3v) is 5.13. The Kier molecular flexibility index (Phi) is 38.7. The number of aromatic nitrogens is 3. The minimum absolute atomic E-state index is 0.106. The number of ether oxygens (including phenoxy) is 4. The van der Waals surface area contributed by atoms with Crippen LogP contribution in [-0.2, 0) is 46.4 Å². The molecule has 0 aliphatic rings. The Morgan fingerprint density at radius 2 is 1.50 bits per heavy atom. The lowest BCUT2D eigenvalue weighted by atomic mass is 10.1. The van der Waals surface area contributed by atoms with E-state index in [9.17, 15) is 14.4 Å². The minimum Gasteiger partial charge on any atom is -0.379 e. The summed E-state index contributed by atoms with van der Waals surface area (Å²) in [4.78, 5) is 34.3. The molecule has 1 atom stereocenters. The molecule has 1 unspecified atom stereocenters. The van der Waals surface area contributed by atoms with Gasteiger partial charge in [-0.2, -0.15) is 0 Å². The van der Waals surface area contributed by atoms with Crippen molar-refractivity contribution >= 4 is 18.5 Å². The minimum atomic E-state index is -0.293. The van der Waals surface area contributed by atoms with Crippen LogP contribution in [0.2, 0.25) is 0 Å². The number of rotatable bonds is 24. The highest BCUT2D eigenvalue weighted by molar-refractivity contribution is 5.78. The van der Waals surface area contributed by atoms with E-state index in [1.54, 1.807) is 24.9 Å². The van der Waals surface area contributed by atoms with Gasteiger partial charge in [0.15, 0.2) is 0 Å². The Bertz CT molecular complexity index is 703. The van der Waals surface area contributed by atoms with E-state index in [0.717, 1.165) is 12.6 Å². The molecule has 0 aliphatic heterocycles. The molecule has 1 rings (SSSR count). The maximum absolute atomic E-state index is 12.0. The zero-order valence-corrected chi connectivity index (χ0v) is 27.8. The average molecular weight is 604 g/mol. The molecular weight excluding hydrogens is 542 g/mol. The number of carbonyl (C=O) groups excluding carboxylic acids is 3. The van der Waals surface area contributed by atoms with E-state index in [4.69, 9.17) is 18.9 Å². The van der Waals surface area contributed by atoms with Crippen molar-refractivity contribution in [3.8, 4) is 0 Å². The molecule has 0 fully saturated rings. The SMILES string of the molecule is CC.CC.CC(C=O)CC(=O)N(C)Cc1cn(CCOCCOCCOCCOCCC=O)nn1.CCCCCNC. The predicted molar refractivity (Wildman–Crippen MR) is 166 cm³/mol. The number of carbonyl (C=O) groups is 3. The molecule has 0 spiro atoms. The molecule has 248 valence electrons. The fourth-order valence-electron chi connectivity index (χ4n) is 2.93. The maximum Gasteiger partial charge on any atom is 0.223 e. The molecule has 1 aromatic rings. The Balaban J connectivity index is -0.00000119. The lowest BCUT2D eigenvalue weighted by Crippen LogP contribution is -2.28. The molecule has 0 saturated heterocycles. The number of hydrogen-bond donors (Lipinski definition) is 1. The van der Waals surface area contributed by atoms with Crippen LogP contribution in [0.15, 0.2) is 6.20 Å². The normalized spacial score (nSPS) is 10.7. The summed E-state index contributed by atoms with van der Waals surface area (Å²) in [6.45, 7) is 17.7. The second-order valence-electron chi connectivity index (χ2n) is 8.76. The first-order chi connectivity index (χ1) is 20.5. The van der Waals surface area contributed by atoms with Crippen molar-refractivity contribution in [3.05, 3.63) is 11.9 Å². The quantitative estimate of drug-likeness (QED) is 0.138. The number of hydrogen-bond acceptors (Lipinski definition) is 10. The molecule has 1 amide bonds. The standard InChI is InChI=1S/C20H34N4O7.C6H15N.2C2H6/c1-18(17-26)14-20(27)23(2)15-19-16-24(22-21-19)4-7-29-9-11-31-13-12-30-10-8-28-6-3-5-25;1-3-4-5-6-7-2;2*1-2/h5,16-18H,3-4,6-15H2,1-2H3;7H,3-6H2,1-2H3;2*1-2H3. The topological polar surface area (TPSA) is 134 Å². The summed E-state index contributed by atoms with van der Waals surface area (Å²) in [7, 11) is 3.67. The summed E-state index contributed by atoms with van der Waals surface area (Å²) < 4.78 is 23.1. The highest BCUT2D eigenvalue weighted by atomic mass is 16.6. The van der Waals surface area contributed by atoms with Gasteiger partial charge in [0, 0.05) is 25.8 Å². The molecule has 1 heterocycles. The van der Waals surface area contributed by atoms with Crippen LogP contribution in [0.1, 0.15) is 79.3 Å². The van der Waals surface area contributed by atoms with Gasteiger partial charge in [0.05, 0.1) is 72.1 Å². The summed E-state index contributed by atoms with van der Waals surface area (Å²) >= 11 is 0. The molecule has 0 bridgehead atoms. The van der Waals surface area contributed by atoms with E-state index in [-0.39, 0.29) is 18.2 Å². The van der Waals surface area contributed by atoms with Gasteiger partial charge in [0.2, 0.25) is 5.91 Å². The molecule has 12 nitrogen and oxygen atoms in total. The smallest absolute Gasteiger partial charge is 0.223 e. The van der Waals surface area contributed by atoms with Crippen molar-refractivity contribution in [2.75, 3.05) is 73.5 Å². The molecule has 0 radical (unpaired) electrons. The molecule has 1 aromatic heterocycles. The summed E-state index contributed by atoms with van der Waals surface area (Å²) in [5.41, 5.74) is 0.673. The Morgan fingerprint density at radius 3 is 2.00 bits per heavy atom. The highest BCUT2D eigenvalue weighted by Gasteiger charge is 2.14. The molecule has 42 heavy (non-hydrogen) atoms. The first-order valence-electron chi connectivity index (χ1n) is 15.5. The van der Waals surface area contributed by atoms with Crippen molar-refractivity contribution in [1.82, 2.24) is 25.2 Å². The summed E-state index contributed by atoms with van der Waals surface area (Å²) in [5, 5.41) is 11.2. The van der Waals surface area contributed by atoms with Gasteiger partial charge in [-0.3, -0.25) is 4.79 Å². The van der Waals surface area contributed by atoms with Gasteiger partial charge in [0.25, 0.3) is 0 Å². The average Bonchev–Trinajstić information content (AvgIpc) is 3.46. The number of nitrogens with one attached hydrogen (secondary N) is 1. The lowest BCUT2D eigenvalue weighted by Gasteiger charge is -2.16. The van der Waals surface area contributed by atoms with Crippen LogP contribution in [0, 0.1) is 5.92 Å². The monoisotopic (exact) mass is 603 g/mol. The van der Waals surface area contributed by atoms with Crippen LogP contribution in [0.3, 0.4) is 0 Å². The number of amides is 1. The van der Waals surface area contributed by atoms with Gasteiger partial charge >= 0.3 is 0 Å². The first-order valence-corrected chi connectivity index (χ1v) is 15.5. The molecule has 0 aliphatic carbocycles. The second-order valence-corrected chi connectivity index (χ2v) is 8.76. The maximum atomic E-state index is 12.0. The summed E-state index contributed by atoms with van der Waals surface area (Å²) in [6.07, 6.45) is 7.97. The van der Waals surface area contributed by atoms with E-state index < -0.39 is 0 Å². The Hall–Kier alpha value is -2.25. The summed E-state index contributed by atoms with van der Waals surface area (Å²) in [5.74, 6) is -0.398. The molecule has 1 N–H and O–H groups in total. The third kappa shape index (κ3) is 30.7. The molecule has 0 saturated carbocycles. The third-order valence-electron chi connectivity index (χ3n) is 5.13. The second kappa shape index (κ2) is 36.8. The van der Waals surface area contributed by atoms with Gasteiger partial charge in [-0.1, -0.05) is 59.6 Å². The van der Waals surface area contributed by atoms with Crippen LogP contribution < -0.4 is 5.32 Å². The Morgan fingerprint density at radius 1 is 0.952 bits per heavy atom. The van der Waals surface area contributed by atoms with Gasteiger partial charge in [-0.25, -0.2) is 4.68 Å². The summed E-state index contributed by atoms with van der Waals surface area (Å²) in [6, 6.07) is 0. The number of nitrogens with zero attached hydrogens (tertiary/aromatic N) is 4. The van der Waals surface area contributed by atoms with Crippen LogP contribution in [0.25, 0.3) is 0 Å². The van der Waals surface area contributed by atoms with E-state index in [2.05, 4.69) is 22.6 Å². The number of aldehydes is 2. The predicted octanol–water partition coefficient (Wildman–Crippen LogP) is 3.57. The van der Waals surface area contributed by atoms with Gasteiger partial charge in [0.1, 0.15) is 18.3 Å². The lowest BCUT2D eigenvalue weighted by molar-refractivity contribution is -0.132. The molecule has 12 heteroatoms. The first kappa shape index (κ1) is 44.2. The van der Waals surface area contributed by atoms with Crippen molar-refractivity contribution in [1.29, 1.82) is 0 Å². The molecular formula is C30H61N5O7. The zero-order chi connectivity index (χ0) is 32.3. The van der Waals surface area contributed by atoms with Crippen molar-refractivity contribution in [2.45, 2.75) is 86.7 Å². The highest BCUT2D eigenvalue weighted by Crippen LogP contribution is 2.05. The van der Waals surface area contributed by atoms with Gasteiger partial charge in [-0.15, -0.1) is 5.10 Å². The fourth-order valence-corrected chi connectivity index (χ4v) is 2.93. The largest absolute Gasteiger partial charge is 0.379 e. The fraction of sp³-hybridized carbons (Fsp3) is 0.833. The number of unbranched alkanes of at least 4 members (excludes halogenated alkanes) is 2. The van der Waals surface area contributed by atoms with Gasteiger partial charge < -0.3 is 38.8 Å². The van der Waals surface area contributed by atoms with E-state index in [1.165, 1.54) is 30.7 Å². The van der Waals surface area contributed by atoms with Crippen molar-refractivity contribution < 1.29 is 33.3 Å². The van der Waals surface area contributed by atoms with E-state index >= 15 is 0 Å². The van der Waals surface area contributed by atoms with Crippen LogP contribution in [0.5, 0.6) is 0 Å². The molecule has 0 aromatic carbocycles. The van der Waals surface area contributed by atoms with Crippen LogP contribution >= 0.6 is 0 Å². The van der Waals surface area contributed by atoms with Crippen molar-refractivity contribution in [2.24, 2.45) is 5.92 Å². The zero-order valence-electron chi connectivity index (χ0n) is 27.8. The van der Waals surface area contributed by atoms with Crippen molar-refractivity contribution in [3.63, 3.8) is 0 Å². The van der Waals surface area contributed by atoms with Gasteiger partial charge in [-0.05, 0) is 20.0 Å².